The van der Waals surface area contributed by atoms with Gasteiger partial charge in [0.25, 0.3) is 5.97 Å². The Bertz CT molecular complexity index is 224. The molecule has 0 aromatic carbocycles. The van der Waals surface area contributed by atoms with Gasteiger partial charge in [0.2, 0.25) is 0 Å². The van der Waals surface area contributed by atoms with Crippen molar-refractivity contribution in [2.24, 2.45) is 0 Å². The second-order valence-corrected chi connectivity index (χ2v) is 5.59. The molecule has 0 aromatic rings. The molecule has 25 heavy (non-hydrogen) atoms. The van der Waals surface area contributed by atoms with Crippen molar-refractivity contribution >= 4 is 5.97 Å². The third kappa shape index (κ3) is 59.8. The lowest BCUT2D eigenvalue weighted by molar-refractivity contribution is -0.134. The monoisotopic (exact) mass is 370 g/mol. The molecule has 0 spiro atoms. The van der Waals surface area contributed by atoms with Crippen molar-refractivity contribution in [2.45, 2.75) is 98.6 Å². The number of carboxylic acid groups (broad SMARTS) is 1. The molecular formula is C18H42O7. The highest BCUT2D eigenvalue weighted by Crippen LogP contribution is 2.00. The molecule has 0 bridgehead atoms. The van der Waals surface area contributed by atoms with Gasteiger partial charge in [0.1, 0.15) is 0 Å². The van der Waals surface area contributed by atoms with Crippen LogP contribution < -0.4 is 0 Å². The number of carboxylic acids is 1. The zero-order chi connectivity index (χ0) is 20.8. The fourth-order valence-corrected chi connectivity index (χ4v) is 1.32. The van der Waals surface area contributed by atoms with E-state index in [4.69, 9.17) is 35.1 Å². The molecule has 4 unspecified atom stereocenters. The summed E-state index contributed by atoms with van der Waals surface area (Å²) < 4.78 is 4.83. The number of aliphatic hydroxyl groups is 4. The van der Waals surface area contributed by atoms with E-state index in [1.54, 1.807) is 13.8 Å². The van der Waals surface area contributed by atoms with Crippen molar-refractivity contribution in [2.75, 3.05) is 13.2 Å². The number of hydrogen-bond donors (Lipinski definition) is 5. The van der Waals surface area contributed by atoms with E-state index in [0.29, 0.717) is 12.8 Å². The number of aliphatic hydroxyl groups excluding tert-OH is 4. The summed E-state index contributed by atoms with van der Waals surface area (Å²) in [6.07, 6.45) is 1.06. The summed E-state index contributed by atoms with van der Waals surface area (Å²) in [5, 5.41) is 42.5. The number of rotatable bonds is 8. The van der Waals surface area contributed by atoms with Gasteiger partial charge < -0.3 is 30.3 Å². The minimum absolute atomic E-state index is 0.324. The fourth-order valence-electron chi connectivity index (χ4n) is 1.32. The maximum atomic E-state index is 9.00. The highest BCUT2D eigenvalue weighted by molar-refractivity contribution is 5.62. The van der Waals surface area contributed by atoms with Gasteiger partial charge in [-0.3, -0.25) is 4.79 Å². The Balaban J connectivity index is -0.000000122. The molecule has 0 saturated heterocycles. The van der Waals surface area contributed by atoms with Crippen LogP contribution in [0.25, 0.3) is 0 Å². The maximum absolute atomic E-state index is 9.00. The van der Waals surface area contributed by atoms with Gasteiger partial charge in [-0.1, -0.05) is 13.8 Å². The average Bonchev–Trinajstić information content (AvgIpc) is 2.47. The van der Waals surface area contributed by atoms with Crippen LogP contribution in [0.5, 0.6) is 0 Å². The first-order valence-corrected chi connectivity index (χ1v) is 8.97. The van der Waals surface area contributed by atoms with Crippen molar-refractivity contribution < 1.29 is 35.1 Å². The van der Waals surface area contributed by atoms with Gasteiger partial charge >= 0.3 is 0 Å². The van der Waals surface area contributed by atoms with E-state index >= 15 is 0 Å². The topological polar surface area (TPSA) is 127 Å². The average molecular weight is 371 g/mol. The van der Waals surface area contributed by atoms with Gasteiger partial charge in [-0.2, -0.15) is 0 Å². The molecule has 7 nitrogen and oxygen atoms in total. The molecule has 0 amide bonds. The first-order valence-electron chi connectivity index (χ1n) is 8.97. The van der Waals surface area contributed by atoms with Crippen LogP contribution in [0.3, 0.4) is 0 Å². The molecule has 4 atom stereocenters. The Morgan fingerprint density at radius 3 is 1.08 bits per heavy atom. The van der Waals surface area contributed by atoms with Crippen molar-refractivity contribution in [1.82, 2.24) is 0 Å². The van der Waals surface area contributed by atoms with Crippen LogP contribution in [-0.2, 0) is 9.53 Å². The minimum atomic E-state index is -0.833. The van der Waals surface area contributed by atoms with Crippen LogP contribution in [0.1, 0.15) is 74.1 Å². The summed E-state index contributed by atoms with van der Waals surface area (Å²) in [6, 6.07) is 0. The second-order valence-electron chi connectivity index (χ2n) is 5.59. The molecule has 0 aliphatic rings. The molecule has 0 aliphatic heterocycles. The van der Waals surface area contributed by atoms with Gasteiger partial charge in [0, 0.05) is 20.1 Å². The first kappa shape index (κ1) is 32.0. The summed E-state index contributed by atoms with van der Waals surface area (Å²) in [4.78, 5) is 9.00. The Kier molecular flexibility index (Phi) is 32.6. The third-order valence-electron chi connectivity index (χ3n) is 2.58. The molecular weight excluding hydrogens is 328 g/mol. The van der Waals surface area contributed by atoms with E-state index in [2.05, 4.69) is 0 Å². The summed E-state index contributed by atoms with van der Waals surface area (Å²) in [7, 11) is 0. The van der Waals surface area contributed by atoms with Crippen LogP contribution in [-0.4, -0.2) is 69.1 Å². The molecule has 0 aromatic heterocycles. The van der Waals surface area contributed by atoms with E-state index < -0.39 is 5.97 Å². The highest BCUT2D eigenvalue weighted by atomic mass is 16.5. The summed E-state index contributed by atoms with van der Waals surface area (Å²) in [5.74, 6) is -0.833. The van der Waals surface area contributed by atoms with E-state index in [1.165, 1.54) is 0 Å². The molecule has 5 N–H and O–H groups in total. The normalized spacial score (nSPS) is 14.2. The van der Waals surface area contributed by atoms with Gasteiger partial charge in [-0.05, 0) is 53.4 Å². The Labute approximate surface area is 153 Å². The Morgan fingerprint density at radius 1 is 0.800 bits per heavy atom. The smallest absolute Gasteiger partial charge is 0.300 e. The van der Waals surface area contributed by atoms with Crippen molar-refractivity contribution in [3.63, 3.8) is 0 Å². The standard InChI is InChI=1S/2C6H14O2.C4H10O.C2H4O2/c2*1-3-6(8)4-5(2)7;1-3-5-4-2;1-2(3)4/h2*5-8H,3-4H2,1-2H3;3-4H2,1-2H3;1H3,(H,3,4). The second kappa shape index (κ2) is 25.5. The summed E-state index contributed by atoms with van der Waals surface area (Å²) >= 11 is 0. The summed E-state index contributed by atoms with van der Waals surface area (Å²) in [6.45, 7) is 13.9. The molecule has 0 fully saturated rings. The van der Waals surface area contributed by atoms with Crippen LogP contribution in [0.15, 0.2) is 0 Å². The van der Waals surface area contributed by atoms with Gasteiger partial charge in [0.15, 0.2) is 0 Å². The molecule has 0 radical (unpaired) electrons. The van der Waals surface area contributed by atoms with E-state index in [1.807, 2.05) is 27.7 Å². The molecule has 0 rings (SSSR count). The van der Waals surface area contributed by atoms with Crippen molar-refractivity contribution in [1.29, 1.82) is 0 Å². The Hall–Kier alpha value is -0.730. The van der Waals surface area contributed by atoms with Crippen molar-refractivity contribution in [3.05, 3.63) is 0 Å². The first-order chi connectivity index (χ1) is 11.5. The Morgan fingerprint density at radius 2 is 1.04 bits per heavy atom. The highest BCUT2D eigenvalue weighted by Gasteiger charge is 2.03. The molecule has 156 valence electrons. The minimum Gasteiger partial charge on any atom is -0.481 e. The summed E-state index contributed by atoms with van der Waals surface area (Å²) in [5.41, 5.74) is 0. The van der Waals surface area contributed by atoms with Crippen LogP contribution in [0.4, 0.5) is 0 Å². The molecule has 7 heteroatoms. The lowest BCUT2D eigenvalue weighted by atomic mass is 10.1. The molecule has 0 aliphatic carbocycles. The van der Waals surface area contributed by atoms with Gasteiger partial charge in [-0.25, -0.2) is 0 Å². The van der Waals surface area contributed by atoms with Crippen LogP contribution in [0.2, 0.25) is 0 Å². The van der Waals surface area contributed by atoms with Gasteiger partial charge in [0.05, 0.1) is 24.4 Å². The molecule has 0 heterocycles. The van der Waals surface area contributed by atoms with E-state index in [0.717, 1.165) is 33.0 Å². The fraction of sp³-hybridized carbons (Fsp3) is 0.944. The van der Waals surface area contributed by atoms with Crippen molar-refractivity contribution in [3.8, 4) is 0 Å². The van der Waals surface area contributed by atoms with Crippen LogP contribution in [0, 0.1) is 0 Å². The van der Waals surface area contributed by atoms with Gasteiger partial charge in [-0.15, -0.1) is 0 Å². The lowest BCUT2D eigenvalue weighted by Gasteiger charge is -2.08. The molecule has 0 saturated carbocycles. The zero-order valence-electron chi connectivity index (χ0n) is 17.1. The number of ether oxygens (including phenoxy) is 1. The van der Waals surface area contributed by atoms with E-state index in [9.17, 15) is 0 Å². The SMILES string of the molecule is CC(=O)O.CCC(O)CC(C)O.CCC(O)CC(C)O.CCOCC. The predicted octanol–water partition coefficient (Wildman–Crippen LogP) is 2.19. The lowest BCUT2D eigenvalue weighted by Crippen LogP contribution is -2.13. The van der Waals surface area contributed by atoms with E-state index in [-0.39, 0.29) is 24.4 Å². The number of hydrogen-bond acceptors (Lipinski definition) is 6. The quantitative estimate of drug-likeness (QED) is 0.443. The number of aliphatic carboxylic acids is 1. The van der Waals surface area contributed by atoms with Crippen LogP contribution >= 0.6 is 0 Å². The predicted molar refractivity (Wildman–Crippen MR) is 101 cm³/mol. The third-order valence-corrected chi connectivity index (χ3v) is 2.58. The number of carbonyl (C=O) groups is 1. The zero-order valence-corrected chi connectivity index (χ0v) is 17.1. The maximum Gasteiger partial charge on any atom is 0.300 e. The largest absolute Gasteiger partial charge is 0.481 e.